The molecule has 0 spiro atoms. The van der Waals surface area contributed by atoms with E-state index in [1.807, 2.05) is 0 Å². The van der Waals surface area contributed by atoms with Crippen LogP contribution in [-0.4, -0.2) is 42.1 Å². The van der Waals surface area contributed by atoms with Gasteiger partial charge >= 0.3 is 18.0 Å². The molecule has 0 heterocycles. The van der Waals surface area contributed by atoms with Gasteiger partial charge in [0.05, 0.1) is 17.5 Å². The average Bonchev–Trinajstić information content (AvgIpc) is 2.52. The van der Waals surface area contributed by atoms with Crippen LogP contribution in [0.15, 0.2) is 24.3 Å². The first-order valence-electron chi connectivity index (χ1n) is 7.49. The number of benzene rings is 1. The van der Waals surface area contributed by atoms with Gasteiger partial charge in [0, 0.05) is 6.92 Å². The fraction of sp³-hybridized carbons (Fsp3) is 0.438. The standard InChI is InChI=1S/C16H20ClNO7/c1-9(2)15(21)23-10(3)24-16(22)18-8-13(14(19)20)25-12-7-5-4-6-11(12)17/h4-7,9-10,13H,8H2,1-3H3,(H,18,22)(H,19,20)/t10-,13+/m1/s1. The molecule has 0 unspecified atom stereocenters. The van der Waals surface area contributed by atoms with Crippen molar-refractivity contribution in [2.24, 2.45) is 5.92 Å². The first-order valence-corrected chi connectivity index (χ1v) is 7.87. The van der Waals surface area contributed by atoms with Gasteiger partial charge in [-0.05, 0) is 12.1 Å². The molecule has 0 aliphatic rings. The van der Waals surface area contributed by atoms with Crippen LogP contribution in [0, 0.1) is 5.92 Å². The van der Waals surface area contributed by atoms with Crippen molar-refractivity contribution in [3.05, 3.63) is 29.3 Å². The highest BCUT2D eigenvalue weighted by molar-refractivity contribution is 6.32. The normalized spacial score (nSPS) is 12.8. The Morgan fingerprint density at radius 3 is 2.36 bits per heavy atom. The maximum Gasteiger partial charge on any atom is 0.410 e. The van der Waals surface area contributed by atoms with E-state index in [0.717, 1.165) is 0 Å². The van der Waals surface area contributed by atoms with E-state index < -0.39 is 30.4 Å². The van der Waals surface area contributed by atoms with Crippen LogP contribution in [0.5, 0.6) is 5.75 Å². The maximum absolute atomic E-state index is 11.7. The van der Waals surface area contributed by atoms with E-state index in [2.05, 4.69) is 5.32 Å². The number of amides is 1. The van der Waals surface area contributed by atoms with Gasteiger partial charge in [-0.25, -0.2) is 9.59 Å². The lowest BCUT2D eigenvalue weighted by molar-refractivity contribution is -0.168. The lowest BCUT2D eigenvalue weighted by Gasteiger charge is -2.18. The minimum absolute atomic E-state index is 0.172. The van der Waals surface area contributed by atoms with Crippen LogP contribution in [0.25, 0.3) is 0 Å². The maximum atomic E-state index is 11.7. The summed E-state index contributed by atoms with van der Waals surface area (Å²) in [6.07, 6.45) is -3.43. The number of alkyl carbamates (subject to hydrolysis) is 1. The third kappa shape index (κ3) is 7.30. The molecule has 2 N–H and O–H groups in total. The Kier molecular flexibility index (Phi) is 8.00. The zero-order valence-electron chi connectivity index (χ0n) is 14.0. The molecule has 8 nitrogen and oxygen atoms in total. The van der Waals surface area contributed by atoms with E-state index in [1.165, 1.54) is 13.0 Å². The molecule has 0 aliphatic carbocycles. The van der Waals surface area contributed by atoms with Crippen molar-refractivity contribution in [3.63, 3.8) is 0 Å². The molecule has 0 saturated heterocycles. The van der Waals surface area contributed by atoms with E-state index in [9.17, 15) is 19.5 Å². The van der Waals surface area contributed by atoms with Crippen LogP contribution in [0.3, 0.4) is 0 Å². The number of halogens is 1. The summed E-state index contributed by atoms with van der Waals surface area (Å²) >= 11 is 5.90. The zero-order chi connectivity index (χ0) is 19.0. The molecule has 0 aromatic heterocycles. The number of aliphatic carboxylic acids is 1. The summed E-state index contributed by atoms with van der Waals surface area (Å²) in [4.78, 5) is 34.3. The third-order valence-electron chi connectivity index (χ3n) is 2.84. The highest BCUT2D eigenvalue weighted by Gasteiger charge is 2.23. The Hall–Kier alpha value is -2.48. The number of nitrogens with one attached hydrogen (secondary N) is 1. The number of carboxylic acids is 1. The highest BCUT2D eigenvalue weighted by atomic mass is 35.5. The van der Waals surface area contributed by atoms with Gasteiger partial charge in [-0.1, -0.05) is 37.6 Å². The molecule has 1 amide bonds. The summed E-state index contributed by atoms with van der Waals surface area (Å²) < 4.78 is 14.9. The van der Waals surface area contributed by atoms with Crippen molar-refractivity contribution in [3.8, 4) is 5.75 Å². The van der Waals surface area contributed by atoms with Crippen LogP contribution >= 0.6 is 11.6 Å². The van der Waals surface area contributed by atoms with Crippen molar-refractivity contribution < 1.29 is 33.7 Å². The highest BCUT2D eigenvalue weighted by Crippen LogP contribution is 2.24. The fourth-order valence-electron chi connectivity index (χ4n) is 1.57. The van der Waals surface area contributed by atoms with Crippen molar-refractivity contribution in [1.29, 1.82) is 0 Å². The largest absolute Gasteiger partial charge is 0.478 e. The zero-order valence-corrected chi connectivity index (χ0v) is 14.8. The van der Waals surface area contributed by atoms with Gasteiger partial charge in [-0.3, -0.25) is 4.79 Å². The van der Waals surface area contributed by atoms with Gasteiger partial charge in [0.1, 0.15) is 5.75 Å². The molecule has 138 valence electrons. The van der Waals surface area contributed by atoms with Crippen LogP contribution in [0.2, 0.25) is 5.02 Å². The van der Waals surface area contributed by atoms with E-state index in [4.69, 9.17) is 25.8 Å². The second-order valence-corrected chi connectivity index (χ2v) is 5.73. The molecule has 2 atom stereocenters. The quantitative estimate of drug-likeness (QED) is 0.531. The first kappa shape index (κ1) is 20.6. The van der Waals surface area contributed by atoms with Crippen molar-refractivity contribution >= 4 is 29.6 Å². The SMILES string of the molecule is CC(C)C(=O)O[C@@H](C)OC(=O)NC[C@H](Oc1ccccc1Cl)C(=O)O. The number of ether oxygens (including phenoxy) is 3. The molecule has 0 saturated carbocycles. The molecule has 0 bridgehead atoms. The molecule has 0 radical (unpaired) electrons. The van der Waals surface area contributed by atoms with Crippen molar-refractivity contribution in [1.82, 2.24) is 5.32 Å². The van der Waals surface area contributed by atoms with Crippen LogP contribution < -0.4 is 10.1 Å². The van der Waals surface area contributed by atoms with Gasteiger partial charge in [0.2, 0.25) is 12.4 Å². The summed E-state index contributed by atoms with van der Waals surface area (Å²) in [6, 6.07) is 6.35. The van der Waals surface area contributed by atoms with E-state index in [-0.39, 0.29) is 23.2 Å². The summed E-state index contributed by atoms with van der Waals surface area (Å²) in [5.41, 5.74) is 0. The van der Waals surface area contributed by atoms with Gasteiger partial charge < -0.3 is 24.6 Å². The van der Waals surface area contributed by atoms with Crippen LogP contribution in [-0.2, 0) is 19.1 Å². The van der Waals surface area contributed by atoms with E-state index in [1.54, 1.807) is 32.0 Å². The lowest BCUT2D eigenvalue weighted by atomic mass is 10.2. The molecule has 1 aromatic rings. The number of hydrogen-bond donors (Lipinski definition) is 2. The average molecular weight is 374 g/mol. The molecule has 0 fully saturated rings. The van der Waals surface area contributed by atoms with E-state index in [0.29, 0.717) is 0 Å². The molecule has 0 aliphatic heterocycles. The molecule has 1 rings (SSSR count). The number of hydrogen-bond acceptors (Lipinski definition) is 6. The Bertz CT molecular complexity index is 620. The molecular formula is C16H20ClNO7. The summed E-state index contributed by atoms with van der Waals surface area (Å²) in [5, 5.41) is 11.6. The second-order valence-electron chi connectivity index (χ2n) is 5.32. The monoisotopic (exact) mass is 373 g/mol. The van der Waals surface area contributed by atoms with Gasteiger partial charge in [0.15, 0.2) is 0 Å². The number of carboxylic acid groups (broad SMARTS) is 1. The fourth-order valence-corrected chi connectivity index (χ4v) is 1.75. The summed E-state index contributed by atoms with van der Waals surface area (Å²) in [5.74, 6) is -2.01. The van der Waals surface area contributed by atoms with Crippen molar-refractivity contribution in [2.75, 3.05) is 6.54 Å². The smallest absolute Gasteiger partial charge is 0.410 e. The Balaban J connectivity index is 2.52. The Morgan fingerprint density at radius 2 is 1.80 bits per heavy atom. The first-order chi connectivity index (χ1) is 11.7. The van der Waals surface area contributed by atoms with Gasteiger partial charge in [0.25, 0.3) is 0 Å². The summed E-state index contributed by atoms with van der Waals surface area (Å²) in [7, 11) is 0. The van der Waals surface area contributed by atoms with Crippen LogP contribution in [0.1, 0.15) is 20.8 Å². The lowest BCUT2D eigenvalue weighted by Crippen LogP contribution is -2.41. The topological polar surface area (TPSA) is 111 Å². The number of carbonyl (C=O) groups is 3. The predicted octanol–water partition coefficient (Wildman–Crippen LogP) is 2.44. The molecule has 25 heavy (non-hydrogen) atoms. The Labute approximate surface area is 150 Å². The number of para-hydroxylation sites is 1. The number of carbonyl (C=O) groups excluding carboxylic acids is 2. The number of rotatable bonds is 8. The van der Waals surface area contributed by atoms with Gasteiger partial charge in [-0.2, -0.15) is 0 Å². The molecular weight excluding hydrogens is 354 g/mol. The second kappa shape index (κ2) is 9.73. The summed E-state index contributed by atoms with van der Waals surface area (Å²) in [6.45, 7) is 4.27. The molecule has 9 heteroatoms. The third-order valence-corrected chi connectivity index (χ3v) is 3.15. The minimum Gasteiger partial charge on any atom is -0.478 e. The minimum atomic E-state index is -1.37. The number of esters is 1. The van der Waals surface area contributed by atoms with E-state index >= 15 is 0 Å². The Morgan fingerprint density at radius 1 is 1.16 bits per heavy atom. The van der Waals surface area contributed by atoms with Crippen LogP contribution in [0.4, 0.5) is 4.79 Å². The predicted molar refractivity (Wildman–Crippen MR) is 88.4 cm³/mol. The molecule has 1 aromatic carbocycles. The van der Waals surface area contributed by atoms with Gasteiger partial charge in [-0.15, -0.1) is 0 Å². The van der Waals surface area contributed by atoms with Crippen molar-refractivity contribution in [2.45, 2.75) is 33.2 Å².